The lowest BCUT2D eigenvalue weighted by Gasteiger charge is -1.87. The summed E-state index contributed by atoms with van der Waals surface area (Å²) in [6.45, 7) is 0. The number of aromatic nitrogens is 4. The van der Waals surface area contributed by atoms with Crippen molar-refractivity contribution < 1.29 is 4.52 Å². The van der Waals surface area contributed by atoms with Gasteiger partial charge in [0.15, 0.2) is 5.82 Å². The van der Waals surface area contributed by atoms with Crippen LogP contribution in [0.2, 0.25) is 0 Å². The van der Waals surface area contributed by atoms with Crippen LogP contribution in [0.1, 0.15) is 11.5 Å². The number of aromatic amines is 1. The van der Waals surface area contributed by atoms with E-state index in [0.29, 0.717) is 5.82 Å². The van der Waals surface area contributed by atoms with E-state index in [-0.39, 0.29) is 0 Å². The van der Waals surface area contributed by atoms with Crippen LogP contribution < -0.4 is 0 Å². The molecule has 0 atom stereocenters. The van der Waals surface area contributed by atoms with Crippen molar-refractivity contribution in [3.8, 4) is 0 Å². The fourth-order valence-electron chi connectivity index (χ4n) is 1.52. The number of hydrogen-bond donors (Lipinski definition) is 1. The molecular weight excluding hydrogens is 204 g/mol. The Hall–Kier alpha value is -2.43. The van der Waals surface area contributed by atoms with E-state index in [2.05, 4.69) is 24.9 Å². The Morgan fingerprint density at radius 2 is 2.12 bits per heavy atom. The molecule has 0 aliphatic rings. The van der Waals surface area contributed by atoms with Gasteiger partial charge in [0.05, 0.1) is 11.2 Å². The van der Waals surface area contributed by atoms with Gasteiger partial charge in [-0.25, -0.2) is 0 Å². The predicted octanol–water partition coefficient (Wildman–Crippen LogP) is 2.12. The normalized spacial score (nSPS) is 11.5. The van der Waals surface area contributed by atoms with Crippen molar-refractivity contribution in [2.24, 2.45) is 0 Å². The summed E-state index contributed by atoms with van der Waals surface area (Å²) in [7, 11) is 0. The zero-order valence-electron chi connectivity index (χ0n) is 8.29. The van der Waals surface area contributed by atoms with E-state index in [1.165, 1.54) is 6.39 Å². The minimum absolute atomic E-state index is 0.534. The first-order chi connectivity index (χ1) is 7.93. The molecule has 2 heterocycles. The fourth-order valence-corrected chi connectivity index (χ4v) is 1.52. The summed E-state index contributed by atoms with van der Waals surface area (Å²) in [6.07, 6.45) is 4.90. The zero-order chi connectivity index (χ0) is 10.8. The van der Waals surface area contributed by atoms with E-state index < -0.39 is 0 Å². The van der Waals surface area contributed by atoms with Crippen molar-refractivity contribution in [3.63, 3.8) is 0 Å². The summed E-state index contributed by atoms with van der Waals surface area (Å²) in [6, 6.07) is 7.93. The molecule has 0 radical (unpaired) electrons. The van der Waals surface area contributed by atoms with Gasteiger partial charge in [-0.3, -0.25) is 5.10 Å². The van der Waals surface area contributed by atoms with E-state index in [4.69, 9.17) is 0 Å². The van der Waals surface area contributed by atoms with Crippen LogP contribution in [0, 0.1) is 0 Å². The van der Waals surface area contributed by atoms with Crippen molar-refractivity contribution in [1.82, 2.24) is 20.3 Å². The first kappa shape index (κ1) is 8.84. The van der Waals surface area contributed by atoms with E-state index in [9.17, 15) is 0 Å². The lowest BCUT2D eigenvalue weighted by Crippen LogP contribution is -1.75. The summed E-state index contributed by atoms with van der Waals surface area (Å²) in [5, 5.41) is 11.9. The number of nitrogens with zero attached hydrogens (tertiary/aromatic N) is 3. The molecule has 16 heavy (non-hydrogen) atoms. The van der Waals surface area contributed by atoms with Crippen molar-refractivity contribution in [1.29, 1.82) is 0 Å². The second-order valence-electron chi connectivity index (χ2n) is 3.28. The molecule has 0 saturated carbocycles. The van der Waals surface area contributed by atoms with E-state index in [1.807, 2.05) is 30.3 Å². The van der Waals surface area contributed by atoms with Gasteiger partial charge in [0.1, 0.15) is 0 Å². The Morgan fingerprint density at radius 3 is 3.00 bits per heavy atom. The minimum atomic E-state index is 0.534. The molecular formula is C11H8N4O. The van der Waals surface area contributed by atoms with Gasteiger partial charge in [-0.15, -0.1) is 0 Å². The highest BCUT2D eigenvalue weighted by atomic mass is 16.5. The highest BCUT2D eigenvalue weighted by molar-refractivity contribution is 5.88. The standard InChI is InChI=1S/C11H8N4O/c1-2-4-9-8(3-1)10(14-13-9)5-6-11-12-7-16-15-11/h1-7H,(H,13,14)/b6-5+. The summed E-state index contributed by atoms with van der Waals surface area (Å²) in [4.78, 5) is 3.89. The van der Waals surface area contributed by atoms with E-state index in [1.54, 1.807) is 6.08 Å². The Bertz CT molecular complexity index is 624. The molecule has 3 aromatic rings. The van der Waals surface area contributed by atoms with Gasteiger partial charge in [-0.1, -0.05) is 23.4 Å². The predicted molar refractivity (Wildman–Crippen MR) is 59.3 cm³/mol. The zero-order valence-corrected chi connectivity index (χ0v) is 8.29. The molecule has 0 fully saturated rings. The van der Waals surface area contributed by atoms with Crippen LogP contribution in [0.15, 0.2) is 35.2 Å². The number of fused-ring (bicyclic) bond motifs is 1. The quantitative estimate of drug-likeness (QED) is 0.706. The highest BCUT2D eigenvalue weighted by Crippen LogP contribution is 2.16. The molecule has 0 bridgehead atoms. The van der Waals surface area contributed by atoms with Crippen molar-refractivity contribution in [2.45, 2.75) is 0 Å². The number of para-hydroxylation sites is 1. The number of hydrogen-bond acceptors (Lipinski definition) is 4. The first-order valence-corrected chi connectivity index (χ1v) is 4.81. The molecule has 0 unspecified atom stereocenters. The molecule has 0 spiro atoms. The largest absolute Gasteiger partial charge is 0.342 e. The number of benzene rings is 1. The van der Waals surface area contributed by atoms with Crippen LogP contribution in [0.4, 0.5) is 0 Å². The Labute approximate surface area is 90.8 Å². The summed E-state index contributed by atoms with van der Waals surface area (Å²) in [5.74, 6) is 0.534. The molecule has 0 aliphatic heterocycles. The van der Waals surface area contributed by atoms with Crippen LogP contribution >= 0.6 is 0 Å². The molecule has 78 valence electrons. The van der Waals surface area contributed by atoms with Crippen LogP contribution in [0.3, 0.4) is 0 Å². The first-order valence-electron chi connectivity index (χ1n) is 4.81. The molecule has 0 amide bonds. The maximum Gasteiger partial charge on any atom is 0.214 e. The van der Waals surface area contributed by atoms with Crippen LogP contribution in [-0.4, -0.2) is 20.3 Å². The van der Waals surface area contributed by atoms with Crippen molar-refractivity contribution >= 4 is 23.1 Å². The van der Waals surface area contributed by atoms with Gasteiger partial charge in [0.25, 0.3) is 0 Å². The molecule has 0 saturated heterocycles. The van der Waals surface area contributed by atoms with Gasteiger partial charge >= 0.3 is 0 Å². The molecule has 5 nitrogen and oxygen atoms in total. The third-order valence-electron chi connectivity index (χ3n) is 2.27. The SMILES string of the molecule is C(=C\c1n[nH]c2ccccc12)/c1ncon1. The number of nitrogens with one attached hydrogen (secondary N) is 1. The second kappa shape index (κ2) is 3.62. The maximum atomic E-state index is 4.63. The topological polar surface area (TPSA) is 67.6 Å². The van der Waals surface area contributed by atoms with Crippen molar-refractivity contribution in [3.05, 3.63) is 42.2 Å². The summed E-state index contributed by atoms with van der Waals surface area (Å²) < 4.78 is 4.63. The maximum absolute atomic E-state index is 4.63. The average Bonchev–Trinajstić information content (AvgIpc) is 2.96. The lowest BCUT2D eigenvalue weighted by atomic mass is 10.2. The van der Waals surface area contributed by atoms with Gasteiger partial charge in [-0.2, -0.15) is 10.1 Å². The third-order valence-corrected chi connectivity index (χ3v) is 2.27. The van der Waals surface area contributed by atoms with Crippen molar-refractivity contribution in [2.75, 3.05) is 0 Å². The molecule has 2 aromatic heterocycles. The van der Waals surface area contributed by atoms with E-state index in [0.717, 1.165) is 16.6 Å². The second-order valence-corrected chi connectivity index (χ2v) is 3.28. The van der Waals surface area contributed by atoms with Crippen LogP contribution in [-0.2, 0) is 0 Å². The van der Waals surface area contributed by atoms with Gasteiger partial charge in [0.2, 0.25) is 6.39 Å². The third kappa shape index (κ3) is 1.48. The summed E-state index contributed by atoms with van der Waals surface area (Å²) in [5.41, 5.74) is 1.87. The van der Waals surface area contributed by atoms with E-state index >= 15 is 0 Å². The van der Waals surface area contributed by atoms with Gasteiger partial charge < -0.3 is 4.52 Å². The smallest absolute Gasteiger partial charge is 0.214 e. The van der Waals surface area contributed by atoms with Gasteiger partial charge in [-0.05, 0) is 18.2 Å². The summed E-state index contributed by atoms with van der Waals surface area (Å²) >= 11 is 0. The number of rotatable bonds is 2. The molecule has 1 aromatic carbocycles. The minimum Gasteiger partial charge on any atom is -0.342 e. The molecule has 3 rings (SSSR count). The highest BCUT2D eigenvalue weighted by Gasteiger charge is 2.01. The van der Waals surface area contributed by atoms with Crippen LogP contribution in [0.25, 0.3) is 23.1 Å². The fraction of sp³-hybridized carbons (Fsp3) is 0. The Kier molecular flexibility index (Phi) is 2.00. The monoisotopic (exact) mass is 212 g/mol. The Balaban J connectivity index is 2.01. The van der Waals surface area contributed by atoms with Gasteiger partial charge in [0, 0.05) is 5.39 Å². The Morgan fingerprint density at radius 1 is 1.19 bits per heavy atom. The number of H-pyrrole nitrogens is 1. The molecule has 0 aliphatic carbocycles. The van der Waals surface area contributed by atoms with Crippen LogP contribution in [0.5, 0.6) is 0 Å². The molecule has 5 heteroatoms. The molecule has 1 N–H and O–H groups in total. The lowest BCUT2D eigenvalue weighted by molar-refractivity contribution is 0.415. The average molecular weight is 212 g/mol.